The molecule has 7 rings (SSSR count). The van der Waals surface area contributed by atoms with Gasteiger partial charge < -0.3 is 18.9 Å². The minimum absolute atomic E-state index is 0.290. The summed E-state index contributed by atoms with van der Waals surface area (Å²) in [6.07, 6.45) is 0.423. The van der Waals surface area contributed by atoms with Crippen LogP contribution in [0.25, 0.3) is 0 Å². The van der Waals surface area contributed by atoms with Crippen molar-refractivity contribution in [1.29, 1.82) is 0 Å². The molecule has 6 bridgehead atoms. The van der Waals surface area contributed by atoms with Crippen LogP contribution in [-0.4, -0.2) is 66.0 Å². The monoisotopic (exact) mass is 604 g/mol. The van der Waals surface area contributed by atoms with Gasteiger partial charge in [0.15, 0.2) is 6.10 Å². The molecule has 0 aromatic carbocycles. The summed E-state index contributed by atoms with van der Waals surface area (Å²) in [6.45, 7) is 2.61. The molecule has 228 valence electrons. The lowest BCUT2D eigenvalue weighted by atomic mass is 9.50. The largest absolute Gasteiger partial charge is 0.459 e. The molecule has 41 heavy (non-hydrogen) atoms. The van der Waals surface area contributed by atoms with Crippen LogP contribution in [0.2, 0.25) is 0 Å². The zero-order valence-electron chi connectivity index (χ0n) is 22.7. The lowest BCUT2D eigenvalue weighted by Gasteiger charge is -2.59. The van der Waals surface area contributed by atoms with Gasteiger partial charge in [-0.3, -0.25) is 23.7 Å². The number of ether oxygens (including phenoxy) is 4. The summed E-state index contributed by atoms with van der Waals surface area (Å²) >= 11 is 0. The van der Waals surface area contributed by atoms with Crippen molar-refractivity contribution in [3.8, 4) is 0 Å². The summed E-state index contributed by atoms with van der Waals surface area (Å²) in [6, 6.07) is 0. The fourth-order valence-electron chi connectivity index (χ4n) is 8.99. The Morgan fingerprint density at radius 1 is 1.02 bits per heavy atom. The van der Waals surface area contributed by atoms with Gasteiger partial charge in [-0.25, -0.2) is 0 Å². The number of hydrogen-bond donors (Lipinski definition) is 1. The average molecular weight is 605 g/mol. The Hall–Kier alpha value is -2.35. The summed E-state index contributed by atoms with van der Waals surface area (Å²) in [7, 11) is -5.82. The molecule has 0 amide bonds. The van der Waals surface area contributed by atoms with Crippen LogP contribution in [0, 0.1) is 47.3 Å². The molecule has 1 N–H and O–H groups in total. The fourth-order valence-corrected chi connectivity index (χ4v) is 9.46. The first-order valence-corrected chi connectivity index (χ1v) is 15.7. The summed E-state index contributed by atoms with van der Waals surface area (Å²) < 4.78 is 79.3. The van der Waals surface area contributed by atoms with E-state index >= 15 is 0 Å². The first-order chi connectivity index (χ1) is 19.1. The molecule has 14 heteroatoms. The summed E-state index contributed by atoms with van der Waals surface area (Å²) in [5.41, 5.74) is -0.593. The number of rotatable bonds is 9. The molecule has 7 unspecified atom stereocenters. The van der Waals surface area contributed by atoms with Gasteiger partial charge in [-0.05, 0) is 76.0 Å². The van der Waals surface area contributed by atoms with E-state index in [9.17, 15) is 36.4 Å². The third kappa shape index (κ3) is 4.54. The van der Waals surface area contributed by atoms with Crippen molar-refractivity contribution >= 4 is 34.0 Å². The van der Waals surface area contributed by atoms with Crippen LogP contribution in [0.1, 0.15) is 65.2 Å². The lowest BCUT2D eigenvalue weighted by Crippen LogP contribution is -2.59. The molecule has 1 heterocycles. The second kappa shape index (κ2) is 9.58. The van der Waals surface area contributed by atoms with Crippen LogP contribution in [0.15, 0.2) is 0 Å². The van der Waals surface area contributed by atoms with Gasteiger partial charge in [0.2, 0.25) is 0 Å². The SMILES string of the molecule is CC(OC(=O)CCC(=O)OC1C2CC3C1OC(=O)C3C2C(=O)OC1(C)C2CC3CC(C2)CC1C3)C(F)(F)S(=O)(=O)O. The van der Waals surface area contributed by atoms with Crippen LogP contribution >= 0.6 is 0 Å². The molecule has 11 nitrogen and oxygen atoms in total. The molecule has 0 spiro atoms. The molecular weight excluding hydrogens is 570 g/mol. The van der Waals surface area contributed by atoms with E-state index in [-0.39, 0.29) is 17.8 Å². The van der Waals surface area contributed by atoms with Gasteiger partial charge in [0.05, 0.1) is 24.7 Å². The number of halogens is 2. The second-order valence-corrected chi connectivity index (χ2v) is 14.5. The summed E-state index contributed by atoms with van der Waals surface area (Å²) in [4.78, 5) is 51.1. The molecule has 7 aliphatic rings. The van der Waals surface area contributed by atoms with Gasteiger partial charge >= 0.3 is 39.2 Å². The maximum atomic E-state index is 13.7. The Morgan fingerprint density at radius 3 is 2.20 bits per heavy atom. The average Bonchev–Trinajstić information content (AvgIpc) is 3.49. The molecule has 0 aromatic rings. The van der Waals surface area contributed by atoms with E-state index in [0.717, 1.165) is 25.7 Å². The maximum absolute atomic E-state index is 13.7. The number of esters is 4. The highest BCUT2D eigenvalue weighted by atomic mass is 32.2. The van der Waals surface area contributed by atoms with Crippen molar-refractivity contribution in [2.75, 3.05) is 0 Å². The van der Waals surface area contributed by atoms with Crippen LogP contribution < -0.4 is 0 Å². The third-order valence-electron chi connectivity index (χ3n) is 10.8. The first-order valence-electron chi connectivity index (χ1n) is 14.3. The van der Waals surface area contributed by atoms with E-state index in [1.165, 1.54) is 6.42 Å². The van der Waals surface area contributed by atoms with Crippen LogP contribution in [-0.2, 0) is 48.2 Å². The highest BCUT2D eigenvalue weighted by Crippen LogP contribution is 2.62. The van der Waals surface area contributed by atoms with Gasteiger partial charge in [-0.2, -0.15) is 17.2 Å². The van der Waals surface area contributed by atoms with Gasteiger partial charge in [0.1, 0.15) is 17.8 Å². The van der Waals surface area contributed by atoms with Gasteiger partial charge in [0, 0.05) is 11.8 Å². The van der Waals surface area contributed by atoms with Crippen molar-refractivity contribution < 1.29 is 59.9 Å². The second-order valence-electron chi connectivity index (χ2n) is 13.0. The van der Waals surface area contributed by atoms with Gasteiger partial charge in [-0.15, -0.1) is 0 Å². The van der Waals surface area contributed by atoms with Crippen LogP contribution in [0.4, 0.5) is 8.78 Å². The number of hydrogen-bond acceptors (Lipinski definition) is 10. The maximum Gasteiger partial charge on any atom is 0.405 e. The van der Waals surface area contributed by atoms with E-state index in [1.807, 2.05) is 6.92 Å². The highest BCUT2D eigenvalue weighted by molar-refractivity contribution is 7.86. The van der Waals surface area contributed by atoms with Crippen molar-refractivity contribution in [3.63, 3.8) is 0 Å². The van der Waals surface area contributed by atoms with E-state index in [4.69, 9.17) is 18.8 Å². The van der Waals surface area contributed by atoms with E-state index in [0.29, 0.717) is 25.2 Å². The molecule has 0 aromatic heterocycles. The first kappa shape index (κ1) is 28.8. The predicted molar refractivity (Wildman–Crippen MR) is 131 cm³/mol. The van der Waals surface area contributed by atoms with E-state index in [2.05, 4.69) is 4.74 Å². The van der Waals surface area contributed by atoms with Crippen molar-refractivity contribution in [1.82, 2.24) is 0 Å². The predicted octanol–water partition coefficient (Wildman–Crippen LogP) is 2.66. The molecule has 6 saturated carbocycles. The topological polar surface area (TPSA) is 160 Å². The molecule has 6 aliphatic carbocycles. The normalized spacial score (nSPS) is 42.6. The Kier molecular flexibility index (Phi) is 6.72. The van der Waals surface area contributed by atoms with Crippen molar-refractivity contribution in [2.24, 2.45) is 47.3 Å². The smallest absolute Gasteiger partial charge is 0.405 e. The minimum Gasteiger partial charge on any atom is -0.459 e. The molecule has 1 aliphatic heterocycles. The fraction of sp³-hybridized carbons (Fsp3) is 0.852. The zero-order chi connectivity index (χ0) is 29.6. The number of fused-ring (bicyclic) bond motifs is 1. The number of carbonyl (C=O) groups is 4. The van der Waals surface area contributed by atoms with E-state index in [1.54, 1.807) is 0 Å². The molecular formula is C27H34F2O11S. The van der Waals surface area contributed by atoms with Gasteiger partial charge in [-0.1, -0.05) is 0 Å². The quantitative estimate of drug-likeness (QED) is 0.234. The van der Waals surface area contributed by atoms with E-state index < -0.39 is 93.8 Å². The Labute approximate surface area is 235 Å². The zero-order valence-corrected chi connectivity index (χ0v) is 23.5. The third-order valence-corrected chi connectivity index (χ3v) is 11.8. The number of carbonyl (C=O) groups excluding carboxylic acids is 4. The molecule has 7 atom stereocenters. The van der Waals surface area contributed by atoms with Crippen LogP contribution in [0.5, 0.6) is 0 Å². The van der Waals surface area contributed by atoms with Crippen molar-refractivity contribution in [3.05, 3.63) is 0 Å². The molecule has 0 radical (unpaired) electrons. The molecule has 7 fully saturated rings. The Balaban J connectivity index is 1.08. The lowest BCUT2D eigenvalue weighted by molar-refractivity contribution is -0.211. The standard InChI is InChI=1S/C27H34F2O11S/c1-11(27(28,29)41(34,35)36)37-18(30)3-4-19(31)38-22-17-10-16-20(24(32)39-23(16)22)21(17)25(33)40-26(2)14-6-12-5-13(8-14)9-15(26)7-12/h11-17,20-23H,3-10H2,1-2H3,(H,34,35,36). The summed E-state index contributed by atoms with van der Waals surface area (Å²) in [5, 5.41) is -4.73. The molecule has 1 saturated heterocycles. The summed E-state index contributed by atoms with van der Waals surface area (Å²) in [5.74, 6) is -3.51. The van der Waals surface area contributed by atoms with Crippen molar-refractivity contribution in [2.45, 2.75) is 94.4 Å². The minimum atomic E-state index is -5.82. The van der Waals surface area contributed by atoms with Gasteiger partial charge in [0.25, 0.3) is 0 Å². The Morgan fingerprint density at radius 2 is 1.61 bits per heavy atom. The number of alkyl halides is 2. The van der Waals surface area contributed by atoms with Crippen LogP contribution in [0.3, 0.4) is 0 Å². The highest BCUT2D eigenvalue weighted by Gasteiger charge is 2.71. The Bertz CT molecular complexity index is 1240.